The molecule has 0 aromatic heterocycles. The Morgan fingerprint density at radius 1 is 0.829 bits per heavy atom. The zero-order valence-corrected chi connectivity index (χ0v) is 22.9. The first kappa shape index (κ1) is 32.9. The number of carboxylic acids is 2. The van der Waals surface area contributed by atoms with Crippen LogP contribution in [0.15, 0.2) is 0 Å². The van der Waals surface area contributed by atoms with Crippen LogP contribution in [-0.4, -0.2) is 124 Å². The van der Waals surface area contributed by atoms with Crippen LogP contribution in [0.25, 0.3) is 0 Å². The summed E-state index contributed by atoms with van der Waals surface area (Å²) in [5.74, 6) is -6.83. The fourth-order valence-electron chi connectivity index (χ4n) is 4.65. The van der Waals surface area contributed by atoms with Crippen LogP contribution in [0, 0.1) is 0 Å². The van der Waals surface area contributed by atoms with Crippen LogP contribution < -0.4 is 27.0 Å². The SMILES string of the molecule is C[C@H](NC(=O)[C@@H]1CCCN1C(=O)[C@H](CC(=O)O)NC(=O)CNC(=O)[C@H](C)NC(=O)[C@@H]1CCCN1C(=O)CN)C(=O)O. The quantitative estimate of drug-likeness (QED) is 0.110. The highest BCUT2D eigenvalue weighted by Crippen LogP contribution is 2.20. The lowest BCUT2D eigenvalue weighted by molar-refractivity contribution is -0.147. The molecule has 228 valence electrons. The second-order valence-electron chi connectivity index (χ2n) is 9.87. The molecule has 8 N–H and O–H groups in total. The summed E-state index contributed by atoms with van der Waals surface area (Å²) in [7, 11) is 0. The van der Waals surface area contributed by atoms with Gasteiger partial charge in [0, 0.05) is 13.1 Å². The van der Waals surface area contributed by atoms with E-state index in [9.17, 15) is 43.5 Å². The van der Waals surface area contributed by atoms with Gasteiger partial charge in [-0.15, -0.1) is 0 Å². The number of carboxylic acid groups (broad SMARTS) is 2. The third-order valence-electron chi connectivity index (χ3n) is 6.81. The Morgan fingerprint density at radius 3 is 1.90 bits per heavy atom. The number of rotatable bonds is 13. The molecule has 6 amide bonds. The van der Waals surface area contributed by atoms with Crippen molar-refractivity contribution < 1.29 is 48.6 Å². The number of nitrogens with one attached hydrogen (secondary N) is 4. The van der Waals surface area contributed by atoms with E-state index in [1.807, 2.05) is 0 Å². The van der Waals surface area contributed by atoms with Gasteiger partial charge in [0.2, 0.25) is 35.4 Å². The van der Waals surface area contributed by atoms with E-state index in [4.69, 9.17) is 10.8 Å². The average molecular weight is 584 g/mol. The number of amides is 6. The Kier molecular flexibility index (Phi) is 12.0. The van der Waals surface area contributed by atoms with Crippen LogP contribution in [0.3, 0.4) is 0 Å². The summed E-state index contributed by atoms with van der Waals surface area (Å²) in [6.45, 7) is 2.18. The lowest BCUT2D eigenvalue weighted by Crippen LogP contribution is -2.56. The molecular weight excluding hydrogens is 546 g/mol. The molecule has 2 saturated heterocycles. The lowest BCUT2D eigenvalue weighted by Gasteiger charge is -2.28. The van der Waals surface area contributed by atoms with Gasteiger partial charge in [-0.1, -0.05) is 0 Å². The zero-order chi connectivity index (χ0) is 30.9. The van der Waals surface area contributed by atoms with Gasteiger partial charge in [-0.2, -0.15) is 0 Å². The van der Waals surface area contributed by atoms with Crippen LogP contribution in [0.2, 0.25) is 0 Å². The molecule has 0 aromatic carbocycles. The van der Waals surface area contributed by atoms with Crippen LogP contribution in [0.1, 0.15) is 46.0 Å². The molecule has 0 spiro atoms. The smallest absolute Gasteiger partial charge is 0.325 e. The maximum Gasteiger partial charge on any atom is 0.325 e. The van der Waals surface area contributed by atoms with Gasteiger partial charge in [-0.05, 0) is 39.5 Å². The third kappa shape index (κ3) is 9.12. The monoisotopic (exact) mass is 583 g/mol. The molecule has 17 nitrogen and oxygen atoms in total. The molecule has 2 aliphatic heterocycles. The summed E-state index contributed by atoms with van der Waals surface area (Å²) in [4.78, 5) is 100. The first-order valence-electron chi connectivity index (χ1n) is 13.2. The molecule has 0 radical (unpaired) electrons. The van der Waals surface area contributed by atoms with Crippen molar-refractivity contribution in [2.24, 2.45) is 5.73 Å². The zero-order valence-electron chi connectivity index (χ0n) is 22.9. The minimum absolute atomic E-state index is 0.0909. The van der Waals surface area contributed by atoms with Gasteiger partial charge in [-0.3, -0.25) is 38.4 Å². The van der Waals surface area contributed by atoms with E-state index < -0.39 is 90.6 Å². The highest BCUT2D eigenvalue weighted by molar-refractivity contribution is 5.97. The number of aliphatic carboxylic acids is 2. The van der Waals surface area contributed by atoms with Crippen molar-refractivity contribution in [3.63, 3.8) is 0 Å². The van der Waals surface area contributed by atoms with Gasteiger partial charge in [0.15, 0.2) is 0 Å². The number of likely N-dealkylation sites (tertiary alicyclic amines) is 2. The number of hydrogen-bond acceptors (Lipinski definition) is 9. The van der Waals surface area contributed by atoms with E-state index >= 15 is 0 Å². The van der Waals surface area contributed by atoms with Crippen LogP contribution in [-0.2, 0) is 38.4 Å². The van der Waals surface area contributed by atoms with E-state index in [1.165, 1.54) is 18.7 Å². The predicted molar refractivity (Wildman–Crippen MR) is 139 cm³/mol. The molecule has 2 heterocycles. The van der Waals surface area contributed by atoms with Gasteiger partial charge >= 0.3 is 11.9 Å². The van der Waals surface area contributed by atoms with Gasteiger partial charge in [0.1, 0.15) is 30.2 Å². The second-order valence-corrected chi connectivity index (χ2v) is 9.87. The molecule has 2 rings (SSSR count). The largest absolute Gasteiger partial charge is 0.481 e. The molecule has 0 aromatic rings. The summed E-state index contributed by atoms with van der Waals surface area (Å²) < 4.78 is 0. The average Bonchev–Trinajstić information content (AvgIpc) is 3.60. The molecule has 17 heteroatoms. The third-order valence-corrected chi connectivity index (χ3v) is 6.81. The highest BCUT2D eigenvalue weighted by atomic mass is 16.4. The Labute approximate surface area is 235 Å². The van der Waals surface area contributed by atoms with Crippen molar-refractivity contribution in [3.8, 4) is 0 Å². The number of nitrogens with zero attached hydrogens (tertiary/aromatic N) is 2. The van der Waals surface area contributed by atoms with E-state index in [0.717, 1.165) is 4.90 Å². The molecule has 0 aliphatic carbocycles. The topological polar surface area (TPSA) is 258 Å². The summed E-state index contributed by atoms with van der Waals surface area (Å²) in [6.07, 6.45) is 0.825. The second kappa shape index (κ2) is 14.9. The van der Waals surface area contributed by atoms with Crippen molar-refractivity contribution >= 4 is 47.4 Å². The Hall–Kier alpha value is -4.28. The summed E-state index contributed by atoms with van der Waals surface area (Å²) >= 11 is 0. The maximum absolute atomic E-state index is 13.1. The van der Waals surface area contributed by atoms with Crippen LogP contribution in [0.5, 0.6) is 0 Å². The van der Waals surface area contributed by atoms with E-state index in [1.54, 1.807) is 0 Å². The Balaban J connectivity index is 1.94. The first-order valence-corrected chi connectivity index (χ1v) is 13.2. The van der Waals surface area contributed by atoms with Crippen molar-refractivity contribution in [3.05, 3.63) is 0 Å². The van der Waals surface area contributed by atoms with E-state index in [-0.39, 0.29) is 19.5 Å². The van der Waals surface area contributed by atoms with Gasteiger partial charge in [-0.25, -0.2) is 0 Å². The standard InChI is InChI=1S/C24H37N7O10/c1-12(27-21(37)15-5-3-7-30(15)18(33)10-25)20(36)26-11-17(32)29-14(9-19(34)35)23(39)31-8-4-6-16(31)22(38)28-13(2)24(40)41/h12-16H,3-11,25H2,1-2H3,(H,26,36)(H,27,37)(H,28,38)(H,29,32)(H,34,35)(H,40,41)/t12-,13-,14-,15-,16-/m0/s1. The molecule has 5 atom stereocenters. The number of nitrogens with two attached hydrogens (primary N) is 1. The van der Waals surface area contributed by atoms with E-state index in [2.05, 4.69) is 21.3 Å². The summed E-state index contributed by atoms with van der Waals surface area (Å²) in [6, 6.07) is -5.67. The summed E-state index contributed by atoms with van der Waals surface area (Å²) in [5, 5.41) is 27.6. The van der Waals surface area contributed by atoms with Gasteiger partial charge in [0.25, 0.3) is 0 Å². The van der Waals surface area contributed by atoms with Crippen molar-refractivity contribution in [1.29, 1.82) is 0 Å². The first-order chi connectivity index (χ1) is 19.3. The number of carbonyl (C=O) groups is 8. The Bertz CT molecular complexity index is 1070. The molecule has 0 saturated carbocycles. The molecule has 2 aliphatic rings. The maximum atomic E-state index is 13.1. The molecule has 0 unspecified atom stereocenters. The number of hydrogen-bond donors (Lipinski definition) is 7. The minimum Gasteiger partial charge on any atom is -0.481 e. The fraction of sp³-hybridized carbons (Fsp3) is 0.667. The lowest BCUT2D eigenvalue weighted by atomic mass is 10.1. The number of carbonyl (C=O) groups excluding carboxylic acids is 6. The Morgan fingerprint density at radius 2 is 1.37 bits per heavy atom. The molecule has 41 heavy (non-hydrogen) atoms. The predicted octanol–water partition coefficient (Wildman–Crippen LogP) is -3.90. The normalized spacial score (nSPS) is 20.4. The van der Waals surface area contributed by atoms with Crippen LogP contribution >= 0.6 is 0 Å². The van der Waals surface area contributed by atoms with Crippen molar-refractivity contribution in [2.45, 2.75) is 76.2 Å². The molecular formula is C24H37N7O10. The summed E-state index contributed by atoms with van der Waals surface area (Å²) in [5.41, 5.74) is 5.38. The molecule has 2 fully saturated rings. The van der Waals surface area contributed by atoms with E-state index in [0.29, 0.717) is 25.8 Å². The molecule has 0 bridgehead atoms. The van der Waals surface area contributed by atoms with Crippen molar-refractivity contribution in [1.82, 2.24) is 31.1 Å². The van der Waals surface area contributed by atoms with Gasteiger partial charge < -0.3 is 47.0 Å². The fourth-order valence-corrected chi connectivity index (χ4v) is 4.65. The van der Waals surface area contributed by atoms with Crippen molar-refractivity contribution in [2.75, 3.05) is 26.2 Å². The van der Waals surface area contributed by atoms with Gasteiger partial charge in [0.05, 0.1) is 19.5 Å². The highest BCUT2D eigenvalue weighted by Gasteiger charge is 2.39. The minimum atomic E-state index is -1.56. The van der Waals surface area contributed by atoms with Crippen LogP contribution in [0.4, 0.5) is 0 Å².